The number of carbonyl (C=O) groups is 4. The van der Waals surface area contributed by atoms with Crippen LogP contribution in [0.5, 0.6) is 0 Å². The van der Waals surface area contributed by atoms with Gasteiger partial charge in [0, 0.05) is 0 Å². The van der Waals surface area contributed by atoms with Gasteiger partial charge in [0.25, 0.3) is 0 Å². The van der Waals surface area contributed by atoms with Crippen molar-refractivity contribution in [3.63, 3.8) is 0 Å². The molecule has 4 aliphatic rings. The second kappa shape index (κ2) is 4.95. The van der Waals surface area contributed by atoms with Gasteiger partial charge in [0.05, 0.1) is 23.7 Å². The summed E-state index contributed by atoms with van der Waals surface area (Å²) < 4.78 is 0. The standard InChI is InChI=1S/C17H20O8/c1-3-6-8-4-2-5(11(15(20)21)10(4)14(18)19)9(8)7(3)13(17(24)25)12(6)16(22)23/h3-13H,2H2,1H3,(H,18,19)(H,20,21)(H,22,23)(H,24,25). The lowest BCUT2D eigenvalue weighted by atomic mass is 9.58. The molecule has 10 atom stereocenters. The molecule has 0 heterocycles. The molecule has 0 saturated heterocycles. The minimum Gasteiger partial charge on any atom is -0.481 e. The Morgan fingerprint density at radius 3 is 1.20 bits per heavy atom. The van der Waals surface area contributed by atoms with Crippen LogP contribution in [0.3, 0.4) is 0 Å². The number of carboxylic acid groups (broad SMARTS) is 4. The molecule has 4 saturated carbocycles. The molecular formula is C17H20O8. The first-order valence-electron chi connectivity index (χ1n) is 8.59. The molecule has 0 radical (unpaired) electrons. The molecule has 10 unspecified atom stereocenters. The lowest BCUT2D eigenvalue weighted by molar-refractivity contribution is -0.167. The number of hydrogen-bond acceptors (Lipinski definition) is 4. The minimum atomic E-state index is -1.14. The maximum absolute atomic E-state index is 11.8. The fraction of sp³-hybridized carbons (Fsp3) is 0.765. The van der Waals surface area contributed by atoms with Gasteiger partial charge in [-0.15, -0.1) is 0 Å². The number of rotatable bonds is 4. The molecule has 0 aromatic rings. The van der Waals surface area contributed by atoms with Crippen LogP contribution in [-0.2, 0) is 19.2 Å². The Morgan fingerprint density at radius 2 is 0.920 bits per heavy atom. The molecule has 25 heavy (non-hydrogen) atoms. The van der Waals surface area contributed by atoms with E-state index >= 15 is 0 Å². The number of aliphatic carboxylic acids is 4. The van der Waals surface area contributed by atoms with E-state index in [-0.39, 0.29) is 41.4 Å². The van der Waals surface area contributed by atoms with Crippen molar-refractivity contribution in [1.29, 1.82) is 0 Å². The van der Waals surface area contributed by atoms with E-state index in [1.807, 2.05) is 6.92 Å². The quantitative estimate of drug-likeness (QED) is 0.536. The maximum atomic E-state index is 11.8. The molecule has 0 aliphatic heterocycles. The van der Waals surface area contributed by atoms with Crippen molar-refractivity contribution in [3.05, 3.63) is 0 Å². The highest BCUT2D eigenvalue weighted by Crippen LogP contribution is 2.74. The first-order chi connectivity index (χ1) is 11.7. The van der Waals surface area contributed by atoms with Gasteiger partial charge in [-0.25, -0.2) is 0 Å². The molecule has 0 amide bonds. The summed E-state index contributed by atoms with van der Waals surface area (Å²) in [5, 5.41) is 38.3. The molecule has 0 aromatic carbocycles. The summed E-state index contributed by atoms with van der Waals surface area (Å²) in [5.74, 6) is -10.7. The highest BCUT2D eigenvalue weighted by Gasteiger charge is 2.76. The van der Waals surface area contributed by atoms with Gasteiger partial charge in [-0.2, -0.15) is 0 Å². The van der Waals surface area contributed by atoms with Crippen molar-refractivity contribution >= 4 is 23.9 Å². The summed E-state index contributed by atoms with van der Waals surface area (Å²) in [5.41, 5.74) is 0. The summed E-state index contributed by atoms with van der Waals surface area (Å²) in [7, 11) is 0. The third kappa shape index (κ3) is 1.77. The smallest absolute Gasteiger partial charge is 0.307 e. The Balaban J connectivity index is 1.79. The van der Waals surface area contributed by atoms with E-state index in [4.69, 9.17) is 0 Å². The van der Waals surface area contributed by atoms with Crippen LogP contribution < -0.4 is 0 Å². The summed E-state index contributed by atoms with van der Waals surface area (Å²) >= 11 is 0. The number of hydrogen-bond donors (Lipinski definition) is 4. The van der Waals surface area contributed by atoms with Gasteiger partial charge in [0.15, 0.2) is 0 Å². The average Bonchev–Trinajstić information content (AvgIpc) is 3.20. The first-order valence-corrected chi connectivity index (χ1v) is 8.59. The number of carboxylic acids is 4. The van der Waals surface area contributed by atoms with Crippen molar-refractivity contribution in [2.45, 2.75) is 13.3 Å². The largest absolute Gasteiger partial charge is 0.481 e. The molecule has 4 aliphatic carbocycles. The van der Waals surface area contributed by atoms with Gasteiger partial charge >= 0.3 is 23.9 Å². The van der Waals surface area contributed by atoms with E-state index in [0.717, 1.165) is 0 Å². The molecule has 8 nitrogen and oxygen atoms in total. The fourth-order valence-electron chi connectivity index (χ4n) is 7.47. The highest BCUT2D eigenvalue weighted by molar-refractivity contribution is 5.84. The van der Waals surface area contributed by atoms with Gasteiger partial charge in [-0.3, -0.25) is 19.2 Å². The molecule has 4 bridgehead atoms. The minimum absolute atomic E-state index is 0.149. The van der Waals surface area contributed by atoms with Crippen LogP contribution in [0.25, 0.3) is 0 Å². The van der Waals surface area contributed by atoms with Gasteiger partial charge in [0.1, 0.15) is 0 Å². The van der Waals surface area contributed by atoms with Crippen LogP contribution in [0.15, 0.2) is 0 Å². The zero-order valence-corrected chi connectivity index (χ0v) is 13.5. The third-order valence-corrected chi connectivity index (χ3v) is 7.75. The van der Waals surface area contributed by atoms with Crippen molar-refractivity contribution in [1.82, 2.24) is 0 Å². The Hall–Kier alpha value is -2.12. The van der Waals surface area contributed by atoms with Gasteiger partial charge in [-0.1, -0.05) is 6.92 Å². The van der Waals surface area contributed by atoms with E-state index in [0.29, 0.717) is 6.42 Å². The monoisotopic (exact) mass is 352 g/mol. The zero-order valence-electron chi connectivity index (χ0n) is 13.5. The lowest BCUT2D eigenvalue weighted by Crippen LogP contribution is -2.50. The molecule has 0 spiro atoms. The van der Waals surface area contributed by atoms with E-state index in [1.165, 1.54) is 0 Å². The first kappa shape index (κ1) is 16.4. The van der Waals surface area contributed by atoms with Crippen LogP contribution in [0, 0.1) is 65.1 Å². The van der Waals surface area contributed by atoms with Crippen LogP contribution in [0.1, 0.15) is 13.3 Å². The molecule has 0 aromatic heterocycles. The molecule has 4 rings (SSSR count). The van der Waals surface area contributed by atoms with Gasteiger partial charge in [0.2, 0.25) is 0 Å². The maximum Gasteiger partial charge on any atom is 0.307 e. The SMILES string of the molecule is CC1C2C(C(=O)O)C(C(=O)O)C1C1C3CC(C(C(=O)O)C3C(=O)O)C21. The second-order valence-corrected chi connectivity index (χ2v) is 8.19. The van der Waals surface area contributed by atoms with E-state index in [2.05, 4.69) is 0 Å². The van der Waals surface area contributed by atoms with Crippen LogP contribution in [-0.4, -0.2) is 44.3 Å². The molecule has 8 heteroatoms. The van der Waals surface area contributed by atoms with Gasteiger partial charge < -0.3 is 20.4 Å². The fourth-order valence-corrected chi connectivity index (χ4v) is 7.47. The normalized spacial score (nSPS) is 52.1. The Bertz CT molecular complexity index is 630. The molecule has 136 valence electrons. The highest BCUT2D eigenvalue weighted by atomic mass is 16.4. The average molecular weight is 352 g/mol. The van der Waals surface area contributed by atoms with E-state index in [9.17, 15) is 39.6 Å². The van der Waals surface area contributed by atoms with E-state index in [1.54, 1.807) is 0 Å². The van der Waals surface area contributed by atoms with Crippen molar-refractivity contribution in [2.24, 2.45) is 65.1 Å². The number of fused-ring (bicyclic) bond motifs is 9. The van der Waals surface area contributed by atoms with Crippen LogP contribution >= 0.6 is 0 Å². The third-order valence-electron chi connectivity index (χ3n) is 7.75. The summed E-state index contributed by atoms with van der Waals surface area (Å²) in [4.78, 5) is 46.9. The predicted octanol–water partition coefficient (Wildman–Crippen LogP) is 0.567. The molecule has 4 N–H and O–H groups in total. The van der Waals surface area contributed by atoms with Gasteiger partial charge in [-0.05, 0) is 47.8 Å². The predicted molar refractivity (Wildman–Crippen MR) is 79.2 cm³/mol. The molecule has 4 fully saturated rings. The van der Waals surface area contributed by atoms with Crippen LogP contribution in [0.4, 0.5) is 0 Å². The zero-order chi connectivity index (χ0) is 18.4. The Kier molecular flexibility index (Phi) is 3.24. The molecular weight excluding hydrogens is 332 g/mol. The summed E-state index contributed by atoms with van der Waals surface area (Å²) in [6, 6.07) is 0. The van der Waals surface area contributed by atoms with Crippen molar-refractivity contribution < 1.29 is 39.6 Å². The lowest BCUT2D eigenvalue weighted by Gasteiger charge is -2.43. The van der Waals surface area contributed by atoms with Crippen LogP contribution in [0.2, 0.25) is 0 Å². The van der Waals surface area contributed by atoms with E-state index < -0.39 is 47.5 Å². The topological polar surface area (TPSA) is 149 Å². The summed E-state index contributed by atoms with van der Waals surface area (Å²) in [6.45, 7) is 1.84. The second-order valence-electron chi connectivity index (χ2n) is 8.19. The Labute approximate surface area is 142 Å². The van der Waals surface area contributed by atoms with Crippen molar-refractivity contribution in [3.8, 4) is 0 Å². The Morgan fingerprint density at radius 1 is 0.600 bits per heavy atom. The summed E-state index contributed by atoms with van der Waals surface area (Å²) in [6.07, 6.45) is 0.446. The van der Waals surface area contributed by atoms with Crippen molar-refractivity contribution in [2.75, 3.05) is 0 Å².